The summed E-state index contributed by atoms with van der Waals surface area (Å²) in [6.07, 6.45) is 0. The first-order chi connectivity index (χ1) is 15.1. The molecule has 3 heterocycles. The van der Waals surface area contributed by atoms with Gasteiger partial charge in [-0.2, -0.15) is 0 Å². The first kappa shape index (κ1) is 19.3. The number of ether oxygens (including phenoxy) is 2. The normalized spacial score (nSPS) is 12.3. The molecule has 0 saturated carbocycles. The lowest BCUT2D eigenvalue weighted by Crippen LogP contribution is -2.23. The number of para-hydroxylation sites is 1. The number of nitrogens with zero attached hydrogens (tertiary/aromatic N) is 2. The molecule has 8 nitrogen and oxygen atoms in total. The molecule has 4 aromatic rings. The van der Waals surface area contributed by atoms with Crippen LogP contribution in [-0.4, -0.2) is 33.0 Å². The highest BCUT2D eigenvalue weighted by atomic mass is 32.2. The van der Waals surface area contributed by atoms with Crippen molar-refractivity contribution in [3.05, 3.63) is 70.6 Å². The van der Waals surface area contributed by atoms with E-state index in [0.717, 1.165) is 5.69 Å². The maximum absolute atomic E-state index is 13.2. The average Bonchev–Trinajstić information content (AvgIpc) is 3.38. The minimum atomic E-state index is -0.219. The molecule has 9 heteroatoms. The number of rotatable bonds is 5. The molecular weight excluding hydrogens is 416 g/mol. The second kappa shape index (κ2) is 7.84. The van der Waals surface area contributed by atoms with Gasteiger partial charge in [-0.15, -0.1) is 0 Å². The van der Waals surface area contributed by atoms with Gasteiger partial charge < -0.3 is 19.8 Å². The lowest BCUT2D eigenvalue weighted by atomic mass is 10.3. The number of thioether (sulfide) groups is 1. The number of hydrogen-bond donors (Lipinski definition) is 2. The maximum Gasteiger partial charge on any atom is 0.283 e. The Balaban J connectivity index is 1.42. The van der Waals surface area contributed by atoms with Crippen LogP contribution < -0.4 is 20.3 Å². The molecule has 0 aliphatic carbocycles. The third-order valence-corrected chi connectivity index (χ3v) is 5.70. The summed E-state index contributed by atoms with van der Waals surface area (Å²) in [5.41, 5.74) is 2.96. The Morgan fingerprint density at radius 2 is 1.97 bits per heavy atom. The molecule has 0 atom stereocenters. The zero-order valence-electron chi connectivity index (χ0n) is 16.5. The third-order valence-electron chi connectivity index (χ3n) is 4.76. The minimum Gasteiger partial charge on any atom is -0.454 e. The maximum atomic E-state index is 13.2. The lowest BCUT2D eigenvalue weighted by molar-refractivity contribution is -0.113. The van der Waals surface area contributed by atoms with Gasteiger partial charge in [-0.05, 0) is 37.3 Å². The summed E-state index contributed by atoms with van der Waals surface area (Å²) in [7, 11) is 0. The predicted octanol–water partition coefficient (Wildman–Crippen LogP) is 3.48. The SMILES string of the molecule is Cc1cc2nc(SCC(=O)Nc3ccc4c(c3)OCO4)n(-c3ccccc3)c(=O)c2[nH]1. The van der Waals surface area contributed by atoms with Gasteiger partial charge in [0.25, 0.3) is 5.56 Å². The average molecular weight is 434 g/mol. The molecule has 0 unspecified atom stereocenters. The van der Waals surface area contributed by atoms with Crippen LogP contribution in [0.15, 0.2) is 64.5 Å². The van der Waals surface area contributed by atoms with Crippen molar-refractivity contribution in [1.82, 2.24) is 14.5 Å². The molecule has 1 amide bonds. The molecule has 2 N–H and O–H groups in total. The zero-order chi connectivity index (χ0) is 21.4. The first-order valence-electron chi connectivity index (χ1n) is 9.58. The van der Waals surface area contributed by atoms with Crippen molar-refractivity contribution in [2.75, 3.05) is 17.9 Å². The number of carbonyl (C=O) groups is 1. The first-order valence-corrected chi connectivity index (χ1v) is 10.6. The van der Waals surface area contributed by atoms with E-state index in [2.05, 4.69) is 15.3 Å². The standard InChI is InChI=1S/C22H18N4O4S/c1-13-9-16-20(23-13)21(28)26(15-5-3-2-4-6-15)22(25-16)31-11-19(27)24-14-7-8-17-18(10-14)30-12-29-17/h2-10,23H,11-12H2,1H3,(H,24,27). The summed E-state index contributed by atoms with van der Waals surface area (Å²) in [4.78, 5) is 33.4. The summed E-state index contributed by atoms with van der Waals surface area (Å²) in [5, 5.41) is 3.29. The van der Waals surface area contributed by atoms with Crippen molar-refractivity contribution in [3.63, 3.8) is 0 Å². The highest BCUT2D eigenvalue weighted by Crippen LogP contribution is 2.34. The lowest BCUT2D eigenvalue weighted by Gasteiger charge is -2.12. The highest BCUT2D eigenvalue weighted by molar-refractivity contribution is 7.99. The van der Waals surface area contributed by atoms with Gasteiger partial charge >= 0.3 is 0 Å². The van der Waals surface area contributed by atoms with Crippen molar-refractivity contribution >= 4 is 34.4 Å². The van der Waals surface area contributed by atoms with E-state index in [1.807, 2.05) is 43.3 Å². The number of amides is 1. The molecule has 0 radical (unpaired) electrons. The van der Waals surface area contributed by atoms with Crippen molar-refractivity contribution in [3.8, 4) is 17.2 Å². The quantitative estimate of drug-likeness (QED) is 0.369. The number of anilines is 1. The number of benzene rings is 2. The third kappa shape index (κ3) is 3.75. The number of aromatic amines is 1. The van der Waals surface area contributed by atoms with Gasteiger partial charge in [-0.1, -0.05) is 30.0 Å². The minimum absolute atomic E-state index is 0.0859. The fourth-order valence-electron chi connectivity index (χ4n) is 3.38. The van der Waals surface area contributed by atoms with Crippen molar-refractivity contribution in [1.29, 1.82) is 0 Å². The Morgan fingerprint density at radius 3 is 2.81 bits per heavy atom. The van der Waals surface area contributed by atoms with Gasteiger partial charge in [-0.3, -0.25) is 14.2 Å². The molecule has 31 heavy (non-hydrogen) atoms. The largest absolute Gasteiger partial charge is 0.454 e. The number of aryl methyl sites for hydroxylation is 1. The van der Waals surface area contributed by atoms with Crippen LogP contribution in [0.25, 0.3) is 16.7 Å². The summed E-state index contributed by atoms with van der Waals surface area (Å²) in [6.45, 7) is 2.05. The molecule has 1 aliphatic heterocycles. The summed E-state index contributed by atoms with van der Waals surface area (Å²) < 4.78 is 12.2. The Hall–Kier alpha value is -3.72. The molecule has 1 aliphatic rings. The molecular formula is C22H18N4O4S. The van der Waals surface area contributed by atoms with Gasteiger partial charge in [0.15, 0.2) is 16.7 Å². The summed E-state index contributed by atoms with van der Waals surface area (Å²) in [6, 6.07) is 16.3. The smallest absolute Gasteiger partial charge is 0.283 e. The number of fused-ring (bicyclic) bond motifs is 2. The summed E-state index contributed by atoms with van der Waals surface area (Å²) in [5.74, 6) is 1.11. The van der Waals surface area contributed by atoms with E-state index in [0.29, 0.717) is 39.1 Å². The van der Waals surface area contributed by atoms with Crippen molar-refractivity contribution in [2.24, 2.45) is 0 Å². The molecule has 0 fully saturated rings. The van der Waals surface area contributed by atoms with Crippen LogP contribution in [0.5, 0.6) is 11.5 Å². The van der Waals surface area contributed by atoms with E-state index in [1.165, 1.54) is 16.3 Å². The second-order valence-electron chi connectivity index (χ2n) is 6.99. The van der Waals surface area contributed by atoms with Crippen LogP contribution in [0, 0.1) is 6.92 Å². The van der Waals surface area contributed by atoms with Gasteiger partial charge in [0.2, 0.25) is 12.7 Å². The zero-order valence-corrected chi connectivity index (χ0v) is 17.4. The molecule has 5 rings (SSSR count). The van der Waals surface area contributed by atoms with E-state index >= 15 is 0 Å². The van der Waals surface area contributed by atoms with E-state index in [4.69, 9.17) is 9.47 Å². The Bertz CT molecular complexity index is 1350. The summed E-state index contributed by atoms with van der Waals surface area (Å²) >= 11 is 1.20. The number of nitrogens with one attached hydrogen (secondary N) is 2. The van der Waals surface area contributed by atoms with Crippen LogP contribution in [0.2, 0.25) is 0 Å². The fourth-order valence-corrected chi connectivity index (χ4v) is 4.19. The molecule has 0 bridgehead atoms. The van der Waals surface area contributed by atoms with Gasteiger partial charge in [-0.25, -0.2) is 4.98 Å². The Labute approximate surface area is 181 Å². The van der Waals surface area contributed by atoms with Crippen LogP contribution in [0.3, 0.4) is 0 Å². The second-order valence-corrected chi connectivity index (χ2v) is 7.93. The molecule has 2 aromatic heterocycles. The van der Waals surface area contributed by atoms with Crippen LogP contribution in [0.1, 0.15) is 5.69 Å². The van der Waals surface area contributed by atoms with Crippen LogP contribution in [-0.2, 0) is 4.79 Å². The van der Waals surface area contributed by atoms with Crippen LogP contribution in [0.4, 0.5) is 5.69 Å². The van der Waals surface area contributed by atoms with Gasteiger partial charge in [0.1, 0.15) is 5.52 Å². The Morgan fingerprint density at radius 1 is 1.16 bits per heavy atom. The van der Waals surface area contributed by atoms with E-state index in [-0.39, 0.29) is 24.0 Å². The topological polar surface area (TPSA) is 98.2 Å². The van der Waals surface area contributed by atoms with E-state index < -0.39 is 0 Å². The highest BCUT2D eigenvalue weighted by Gasteiger charge is 2.17. The number of H-pyrrole nitrogens is 1. The molecule has 0 saturated heterocycles. The molecule has 0 spiro atoms. The van der Waals surface area contributed by atoms with E-state index in [1.54, 1.807) is 18.2 Å². The molecule has 2 aromatic carbocycles. The predicted molar refractivity (Wildman–Crippen MR) is 118 cm³/mol. The van der Waals surface area contributed by atoms with Gasteiger partial charge in [0, 0.05) is 17.4 Å². The van der Waals surface area contributed by atoms with E-state index in [9.17, 15) is 9.59 Å². The fraction of sp³-hybridized carbons (Fsp3) is 0.136. The molecule has 156 valence electrons. The number of carbonyl (C=O) groups excluding carboxylic acids is 1. The van der Waals surface area contributed by atoms with Gasteiger partial charge in [0.05, 0.1) is 17.0 Å². The number of aromatic nitrogens is 3. The van der Waals surface area contributed by atoms with Crippen molar-refractivity contribution < 1.29 is 14.3 Å². The Kier molecular flexibility index (Phi) is 4.87. The van der Waals surface area contributed by atoms with Crippen molar-refractivity contribution in [2.45, 2.75) is 12.1 Å². The monoisotopic (exact) mass is 434 g/mol. The van der Waals surface area contributed by atoms with Crippen LogP contribution >= 0.6 is 11.8 Å². The number of hydrogen-bond acceptors (Lipinski definition) is 6.